The van der Waals surface area contributed by atoms with Crippen LogP contribution in [0.3, 0.4) is 0 Å². The molecule has 20 heavy (non-hydrogen) atoms. The van der Waals surface area contributed by atoms with Crippen molar-refractivity contribution in [1.82, 2.24) is 0 Å². The third kappa shape index (κ3) is 2.42. The summed E-state index contributed by atoms with van der Waals surface area (Å²) < 4.78 is 12.9. The van der Waals surface area contributed by atoms with Gasteiger partial charge in [0.15, 0.2) is 5.78 Å². The predicted molar refractivity (Wildman–Crippen MR) is 78.2 cm³/mol. The van der Waals surface area contributed by atoms with Crippen LogP contribution in [-0.4, -0.2) is 5.78 Å². The molecule has 1 aliphatic carbocycles. The topological polar surface area (TPSA) is 17.1 Å². The highest BCUT2D eigenvalue weighted by Gasteiger charge is 2.21. The molecule has 0 spiro atoms. The minimum absolute atomic E-state index is 0.0966. The second kappa shape index (κ2) is 5.04. The molecule has 0 saturated heterocycles. The van der Waals surface area contributed by atoms with E-state index in [0.29, 0.717) is 0 Å². The van der Waals surface area contributed by atoms with Gasteiger partial charge in [0, 0.05) is 11.1 Å². The van der Waals surface area contributed by atoms with Crippen LogP contribution in [0.1, 0.15) is 33.5 Å². The first-order valence-electron chi connectivity index (χ1n) is 6.74. The van der Waals surface area contributed by atoms with E-state index in [-0.39, 0.29) is 11.6 Å². The first kappa shape index (κ1) is 12.8. The number of aryl methyl sites for hydroxylation is 2. The number of rotatable bonds is 1. The average molecular weight is 266 g/mol. The molecule has 2 aromatic rings. The number of carbonyl (C=O) groups excluding carboxylic acids is 1. The summed E-state index contributed by atoms with van der Waals surface area (Å²) in [5.41, 5.74) is 4.70. The van der Waals surface area contributed by atoms with Crippen molar-refractivity contribution < 1.29 is 9.18 Å². The molecule has 2 heteroatoms. The van der Waals surface area contributed by atoms with E-state index < -0.39 is 0 Å². The van der Waals surface area contributed by atoms with Crippen LogP contribution in [0.4, 0.5) is 4.39 Å². The first-order valence-corrected chi connectivity index (χ1v) is 6.74. The Morgan fingerprint density at radius 3 is 2.55 bits per heavy atom. The smallest absolute Gasteiger partial charge is 0.189 e. The van der Waals surface area contributed by atoms with E-state index in [1.807, 2.05) is 31.2 Å². The Morgan fingerprint density at radius 1 is 1.05 bits per heavy atom. The average Bonchev–Trinajstić information content (AvgIpc) is 2.45. The van der Waals surface area contributed by atoms with Gasteiger partial charge in [-0.05, 0) is 55.2 Å². The van der Waals surface area contributed by atoms with Gasteiger partial charge < -0.3 is 0 Å². The van der Waals surface area contributed by atoms with Gasteiger partial charge in [0.1, 0.15) is 5.82 Å². The Bertz CT molecular complexity index is 696. The van der Waals surface area contributed by atoms with Crippen molar-refractivity contribution in [2.24, 2.45) is 0 Å². The molecule has 0 N–H and O–H groups in total. The lowest BCUT2D eigenvalue weighted by atomic mass is 9.85. The standard InChI is InChI=1S/C18H15FO/c1-12-2-5-14-6-7-15(18(20)17(14)10-12)11-13-3-8-16(19)9-4-13/h2-5,8-11H,6-7H2,1H3/b15-11+. The van der Waals surface area contributed by atoms with E-state index in [1.54, 1.807) is 12.1 Å². The van der Waals surface area contributed by atoms with Gasteiger partial charge in [-0.25, -0.2) is 4.39 Å². The summed E-state index contributed by atoms with van der Waals surface area (Å²) in [6.07, 6.45) is 3.49. The molecule has 0 unspecified atom stereocenters. The number of ketones is 1. The van der Waals surface area contributed by atoms with Gasteiger partial charge in [0.05, 0.1) is 0 Å². The van der Waals surface area contributed by atoms with Gasteiger partial charge in [-0.1, -0.05) is 29.8 Å². The predicted octanol–water partition coefficient (Wildman–Crippen LogP) is 4.35. The van der Waals surface area contributed by atoms with Crippen molar-refractivity contribution in [3.63, 3.8) is 0 Å². The number of carbonyl (C=O) groups is 1. The zero-order valence-electron chi connectivity index (χ0n) is 11.3. The minimum Gasteiger partial charge on any atom is -0.289 e. The molecular formula is C18H15FO. The van der Waals surface area contributed by atoms with Gasteiger partial charge >= 0.3 is 0 Å². The lowest BCUT2D eigenvalue weighted by Gasteiger charge is -2.18. The first-order chi connectivity index (χ1) is 9.63. The van der Waals surface area contributed by atoms with E-state index in [9.17, 15) is 9.18 Å². The van der Waals surface area contributed by atoms with Gasteiger partial charge in [-0.2, -0.15) is 0 Å². The molecule has 1 aliphatic rings. The third-order valence-corrected chi connectivity index (χ3v) is 3.68. The van der Waals surface area contributed by atoms with Gasteiger partial charge in [-0.3, -0.25) is 4.79 Å². The number of hydrogen-bond acceptors (Lipinski definition) is 1. The number of halogens is 1. The molecule has 0 radical (unpaired) electrons. The molecule has 0 fully saturated rings. The molecule has 2 aromatic carbocycles. The van der Waals surface area contributed by atoms with Crippen LogP contribution in [0.15, 0.2) is 48.0 Å². The molecular weight excluding hydrogens is 251 g/mol. The number of hydrogen-bond donors (Lipinski definition) is 0. The summed E-state index contributed by atoms with van der Waals surface area (Å²) in [5.74, 6) is -0.164. The monoisotopic (exact) mass is 266 g/mol. The molecule has 1 nitrogen and oxygen atoms in total. The minimum atomic E-state index is -0.261. The SMILES string of the molecule is Cc1ccc2c(c1)C(=O)/C(=C/c1ccc(F)cc1)CC2. The van der Waals surface area contributed by atoms with E-state index >= 15 is 0 Å². The highest BCUT2D eigenvalue weighted by Crippen LogP contribution is 2.27. The second-order valence-corrected chi connectivity index (χ2v) is 5.21. The maximum Gasteiger partial charge on any atom is 0.189 e. The summed E-state index contributed by atoms with van der Waals surface area (Å²) in [6, 6.07) is 12.3. The van der Waals surface area contributed by atoms with Crippen LogP contribution >= 0.6 is 0 Å². The number of Topliss-reactive ketones (excluding diaryl/α,β-unsaturated/α-hetero) is 1. The molecule has 3 rings (SSSR count). The normalized spacial score (nSPS) is 16.3. The van der Waals surface area contributed by atoms with Crippen molar-refractivity contribution >= 4 is 11.9 Å². The quantitative estimate of drug-likeness (QED) is 0.701. The van der Waals surface area contributed by atoms with Crippen LogP contribution in [0, 0.1) is 12.7 Å². The van der Waals surface area contributed by atoms with Gasteiger partial charge in [0.25, 0.3) is 0 Å². The zero-order valence-corrected chi connectivity index (χ0v) is 11.3. The van der Waals surface area contributed by atoms with E-state index in [4.69, 9.17) is 0 Å². The van der Waals surface area contributed by atoms with E-state index in [0.717, 1.165) is 40.7 Å². The van der Waals surface area contributed by atoms with Crippen LogP contribution in [-0.2, 0) is 6.42 Å². The van der Waals surface area contributed by atoms with Crippen LogP contribution in [0.25, 0.3) is 6.08 Å². The van der Waals surface area contributed by atoms with E-state index in [2.05, 4.69) is 0 Å². The number of benzene rings is 2. The maximum atomic E-state index is 12.9. The Morgan fingerprint density at radius 2 is 1.80 bits per heavy atom. The highest BCUT2D eigenvalue weighted by atomic mass is 19.1. The molecule has 0 aromatic heterocycles. The Labute approximate surface area is 117 Å². The van der Waals surface area contributed by atoms with Crippen LogP contribution in [0.5, 0.6) is 0 Å². The molecule has 0 heterocycles. The molecule has 0 saturated carbocycles. The van der Waals surface area contributed by atoms with Crippen molar-refractivity contribution in [1.29, 1.82) is 0 Å². The third-order valence-electron chi connectivity index (χ3n) is 3.68. The van der Waals surface area contributed by atoms with Crippen LogP contribution < -0.4 is 0 Å². The summed E-state index contributed by atoms with van der Waals surface area (Å²) in [5, 5.41) is 0. The summed E-state index contributed by atoms with van der Waals surface area (Å²) >= 11 is 0. The summed E-state index contributed by atoms with van der Waals surface area (Å²) in [7, 11) is 0. The van der Waals surface area contributed by atoms with Crippen molar-refractivity contribution in [2.45, 2.75) is 19.8 Å². The largest absolute Gasteiger partial charge is 0.289 e. The fourth-order valence-electron chi connectivity index (χ4n) is 2.57. The second-order valence-electron chi connectivity index (χ2n) is 5.21. The zero-order chi connectivity index (χ0) is 14.1. The summed E-state index contributed by atoms with van der Waals surface area (Å²) in [6.45, 7) is 1.99. The fraction of sp³-hybridized carbons (Fsp3) is 0.167. The Kier molecular flexibility index (Phi) is 3.23. The van der Waals surface area contributed by atoms with E-state index in [1.165, 1.54) is 12.1 Å². The van der Waals surface area contributed by atoms with Gasteiger partial charge in [0.2, 0.25) is 0 Å². The molecule has 0 atom stereocenters. The lowest BCUT2D eigenvalue weighted by Crippen LogP contribution is -2.14. The lowest BCUT2D eigenvalue weighted by molar-refractivity contribution is 0.102. The molecule has 0 amide bonds. The van der Waals surface area contributed by atoms with Gasteiger partial charge in [-0.15, -0.1) is 0 Å². The number of fused-ring (bicyclic) bond motifs is 1. The van der Waals surface area contributed by atoms with Crippen molar-refractivity contribution in [3.8, 4) is 0 Å². The van der Waals surface area contributed by atoms with Crippen molar-refractivity contribution in [3.05, 3.63) is 76.1 Å². The Hall–Kier alpha value is -2.22. The highest BCUT2D eigenvalue weighted by molar-refractivity contribution is 6.13. The number of allylic oxidation sites excluding steroid dienone is 1. The molecule has 0 aliphatic heterocycles. The van der Waals surface area contributed by atoms with Crippen molar-refractivity contribution in [2.75, 3.05) is 0 Å². The molecule has 0 bridgehead atoms. The fourth-order valence-corrected chi connectivity index (χ4v) is 2.57. The molecule has 100 valence electrons. The Balaban J connectivity index is 1.97. The summed E-state index contributed by atoms with van der Waals surface area (Å²) in [4.78, 5) is 12.5. The maximum absolute atomic E-state index is 12.9. The van der Waals surface area contributed by atoms with Crippen LogP contribution in [0.2, 0.25) is 0 Å².